The topological polar surface area (TPSA) is 113 Å². The van der Waals surface area contributed by atoms with Gasteiger partial charge in [-0.05, 0) is 46.1 Å². The van der Waals surface area contributed by atoms with Crippen LogP contribution >= 0.6 is 0 Å². The minimum absolute atomic E-state index is 0.0349. The maximum Gasteiger partial charge on any atom is 0.411 e. The molecule has 1 heterocycles. The summed E-state index contributed by atoms with van der Waals surface area (Å²) < 4.78 is 10.6. The number of ether oxygens (including phenoxy) is 2. The number of likely N-dealkylation sites (tertiary alicyclic amines) is 1. The maximum absolute atomic E-state index is 13.0. The Kier molecular flexibility index (Phi) is 8.01. The molecule has 0 aromatic heterocycles. The van der Waals surface area contributed by atoms with Crippen molar-refractivity contribution in [1.82, 2.24) is 9.80 Å². The molecule has 0 bridgehead atoms. The third-order valence-corrected chi connectivity index (χ3v) is 4.80. The predicted octanol–water partition coefficient (Wildman–Crippen LogP) is 2.43. The van der Waals surface area contributed by atoms with Crippen molar-refractivity contribution in [2.45, 2.75) is 64.8 Å². The number of hydrogen-bond acceptors (Lipinski definition) is 6. The van der Waals surface area contributed by atoms with Crippen LogP contribution in [-0.2, 0) is 30.5 Å². The molecule has 1 N–H and O–H groups in total. The van der Waals surface area contributed by atoms with Gasteiger partial charge in [0.15, 0.2) is 0 Å². The first-order valence-electron chi connectivity index (χ1n) is 10.2. The molecule has 170 valence electrons. The molecule has 1 fully saturated rings. The maximum atomic E-state index is 13.0. The number of amides is 2. The van der Waals surface area contributed by atoms with Gasteiger partial charge in [-0.15, -0.1) is 0 Å². The monoisotopic (exact) mass is 434 g/mol. The summed E-state index contributed by atoms with van der Waals surface area (Å²) in [5.41, 5.74) is -0.0228. The van der Waals surface area contributed by atoms with E-state index in [2.05, 4.69) is 0 Å². The summed E-state index contributed by atoms with van der Waals surface area (Å²) in [6, 6.07) is 6.94. The lowest BCUT2D eigenvalue weighted by molar-refractivity contribution is -0.158. The SMILES string of the molecule is C[C@@H](C(=O)N1CCC[C@H]1C(=O)O)N(CC(=O)OC(C)(C)C)C(=O)OCc1ccccc1. The molecule has 2 atom stereocenters. The fraction of sp³-hybridized carbons (Fsp3) is 0.545. The summed E-state index contributed by atoms with van der Waals surface area (Å²) in [4.78, 5) is 51.9. The average molecular weight is 434 g/mol. The highest BCUT2D eigenvalue weighted by molar-refractivity contribution is 5.90. The molecule has 0 spiro atoms. The van der Waals surface area contributed by atoms with Crippen LogP contribution in [-0.4, -0.2) is 69.6 Å². The molecule has 1 aromatic carbocycles. The summed E-state index contributed by atoms with van der Waals surface area (Å²) in [7, 11) is 0. The normalized spacial score (nSPS) is 17.0. The summed E-state index contributed by atoms with van der Waals surface area (Å²) >= 11 is 0. The number of hydrogen-bond donors (Lipinski definition) is 1. The number of nitrogens with zero attached hydrogens (tertiary/aromatic N) is 2. The van der Waals surface area contributed by atoms with Crippen molar-refractivity contribution in [2.75, 3.05) is 13.1 Å². The van der Waals surface area contributed by atoms with Crippen molar-refractivity contribution in [1.29, 1.82) is 0 Å². The van der Waals surface area contributed by atoms with Crippen LogP contribution in [0.5, 0.6) is 0 Å². The fourth-order valence-corrected chi connectivity index (χ4v) is 3.34. The van der Waals surface area contributed by atoms with Gasteiger partial charge in [-0.3, -0.25) is 14.5 Å². The van der Waals surface area contributed by atoms with Gasteiger partial charge in [-0.1, -0.05) is 30.3 Å². The van der Waals surface area contributed by atoms with Gasteiger partial charge in [0.05, 0.1) is 0 Å². The van der Waals surface area contributed by atoms with Crippen molar-refractivity contribution >= 4 is 23.9 Å². The van der Waals surface area contributed by atoms with E-state index in [4.69, 9.17) is 9.47 Å². The second-order valence-electron chi connectivity index (χ2n) is 8.46. The Morgan fingerprint density at radius 2 is 1.84 bits per heavy atom. The number of esters is 1. The predicted molar refractivity (Wildman–Crippen MR) is 111 cm³/mol. The Morgan fingerprint density at radius 1 is 1.19 bits per heavy atom. The number of carboxylic acid groups (broad SMARTS) is 1. The van der Waals surface area contributed by atoms with Crippen LogP contribution in [0.25, 0.3) is 0 Å². The highest BCUT2D eigenvalue weighted by Gasteiger charge is 2.39. The van der Waals surface area contributed by atoms with E-state index in [9.17, 15) is 24.3 Å². The van der Waals surface area contributed by atoms with Gasteiger partial charge in [0.25, 0.3) is 0 Å². The lowest BCUT2D eigenvalue weighted by Gasteiger charge is -2.32. The quantitative estimate of drug-likeness (QED) is 0.656. The summed E-state index contributed by atoms with van der Waals surface area (Å²) in [6.07, 6.45) is 0.0415. The Bertz CT molecular complexity index is 804. The van der Waals surface area contributed by atoms with E-state index in [1.54, 1.807) is 45.0 Å². The standard InChI is InChI=1S/C22H30N2O7/c1-15(19(26)23-12-8-11-17(23)20(27)28)24(13-18(25)31-22(2,3)4)21(29)30-14-16-9-6-5-7-10-16/h5-7,9-10,15,17H,8,11-14H2,1-4H3,(H,27,28)/t15-,17-/m0/s1. The highest BCUT2D eigenvalue weighted by atomic mass is 16.6. The molecule has 1 saturated heterocycles. The van der Waals surface area contributed by atoms with Crippen LogP contribution in [0.15, 0.2) is 30.3 Å². The molecule has 31 heavy (non-hydrogen) atoms. The third kappa shape index (κ3) is 6.97. The number of aliphatic carboxylic acids is 1. The van der Waals surface area contributed by atoms with Crippen LogP contribution in [0.2, 0.25) is 0 Å². The van der Waals surface area contributed by atoms with Gasteiger partial charge in [-0.2, -0.15) is 0 Å². The van der Waals surface area contributed by atoms with Crippen molar-refractivity contribution in [2.24, 2.45) is 0 Å². The first kappa shape index (κ1) is 24.2. The molecule has 1 aliphatic heterocycles. The van der Waals surface area contributed by atoms with E-state index in [0.717, 1.165) is 10.5 Å². The van der Waals surface area contributed by atoms with Crippen molar-refractivity contribution < 1.29 is 33.8 Å². The smallest absolute Gasteiger partial charge is 0.411 e. The van der Waals surface area contributed by atoms with Gasteiger partial charge >= 0.3 is 18.0 Å². The molecule has 2 rings (SSSR count). The minimum Gasteiger partial charge on any atom is -0.480 e. The Hall–Kier alpha value is -3.10. The number of carboxylic acids is 1. The first-order chi connectivity index (χ1) is 14.5. The average Bonchev–Trinajstić information content (AvgIpc) is 3.19. The molecule has 2 amide bonds. The Morgan fingerprint density at radius 3 is 2.42 bits per heavy atom. The minimum atomic E-state index is -1.10. The number of carbonyl (C=O) groups is 4. The zero-order valence-corrected chi connectivity index (χ0v) is 18.4. The van der Waals surface area contributed by atoms with Crippen LogP contribution < -0.4 is 0 Å². The molecule has 0 saturated carbocycles. The Balaban J connectivity index is 2.16. The van der Waals surface area contributed by atoms with Crippen LogP contribution in [0.4, 0.5) is 4.79 Å². The van der Waals surface area contributed by atoms with Crippen molar-refractivity contribution in [3.8, 4) is 0 Å². The third-order valence-electron chi connectivity index (χ3n) is 4.80. The van der Waals surface area contributed by atoms with E-state index >= 15 is 0 Å². The van der Waals surface area contributed by atoms with Gasteiger partial charge in [0, 0.05) is 6.54 Å². The first-order valence-corrected chi connectivity index (χ1v) is 10.2. The molecule has 0 unspecified atom stereocenters. The van der Waals surface area contributed by atoms with E-state index in [0.29, 0.717) is 12.8 Å². The van der Waals surface area contributed by atoms with E-state index in [1.807, 2.05) is 6.07 Å². The molecule has 0 radical (unpaired) electrons. The fourth-order valence-electron chi connectivity index (χ4n) is 3.34. The number of rotatable bonds is 7. The Labute approximate surface area is 181 Å². The van der Waals surface area contributed by atoms with E-state index in [1.165, 1.54) is 11.8 Å². The molecule has 9 heteroatoms. The van der Waals surface area contributed by atoms with E-state index < -0.39 is 48.2 Å². The molecule has 9 nitrogen and oxygen atoms in total. The molecule has 0 aliphatic carbocycles. The zero-order chi connectivity index (χ0) is 23.2. The summed E-state index contributed by atoms with van der Waals surface area (Å²) in [5, 5.41) is 9.37. The van der Waals surface area contributed by atoms with Gasteiger partial charge in [-0.25, -0.2) is 9.59 Å². The zero-order valence-electron chi connectivity index (χ0n) is 18.4. The van der Waals surface area contributed by atoms with Crippen LogP contribution in [0.3, 0.4) is 0 Å². The van der Waals surface area contributed by atoms with E-state index in [-0.39, 0.29) is 13.2 Å². The number of carbonyl (C=O) groups excluding carboxylic acids is 3. The van der Waals surface area contributed by atoms with Crippen LogP contribution in [0.1, 0.15) is 46.1 Å². The second kappa shape index (κ2) is 10.3. The van der Waals surface area contributed by atoms with Gasteiger partial charge in [0.1, 0.15) is 30.8 Å². The largest absolute Gasteiger partial charge is 0.480 e. The number of benzene rings is 1. The molecule has 1 aromatic rings. The second-order valence-corrected chi connectivity index (χ2v) is 8.46. The van der Waals surface area contributed by atoms with Gasteiger partial charge in [0.2, 0.25) is 5.91 Å². The summed E-state index contributed by atoms with van der Waals surface area (Å²) in [6.45, 7) is 6.28. The summed E-state index contributed by atoms with van der Waals surface area (Å²) in [5.74, 6) is -2.34. The van der Waals surface area contributed by atoms with Gasteiger partial charge < -0.3 is 19.5 Å². The van der Waals surface area contributed by atoms with Crippen LogP contribution in [0, 0.1) is 0 Å². The molecular weight excluding hydrogens is 404 g/mol. The lowest BCUT2D eigenvalue weighted by atomic mass is 10.2. The van der Waals surface area contributed by atoms with Crippen molar-refractivity contribution in [3.05, 3.63) is 35.9 Å². The lowest BCUT2D eigenvalue weighted by Crippen LogP contribution is -2.53. The van der Waals surface area contributed by atoms with Crippen molar-refractivity contribution in [3.63, 3.8) is 0 Å². The highest BCUT2D eigenvalue weighted by Crippen LogP contribution is 2.21. The molecular formula is C22H30N2O7. The molecule has 1 aliphatic rings.